The highest BCUT2D eigenvalue weighted by atomic mass is 32.1. The fourth-order valence-electron chi connectivity index (χ4n) is 1.000. The summed E-state index contributed by atoms with van der Waals surface area (Å²) in [5.74, 6) is 0.756. The lowest BCUT2D eigenvalue weighted by Gasteiger charge is -1.93. The van der Waals surface area contributed by atoms with E-state index in [2.05, 4.69) is 15.2 Å². The van der Waals surface area contributed by atoms with Crippen molar-refractivity contribution in [2.24, 2.45) is 0 Å². The van der Waals surface area contributed by atoms with Crippen LogP contribution in [0.5, 0.6) is 0 Å². The first-order valence-electron chi connectivity index (χ1n) is 4.38. The first-order chi connectivity index (χ1) is 6.77. The van der Waals surface area contributed by atoms with Gasteiger partial charge in [0.25, 0.3) is 0 Å². The molecule has 0 unspecified atom stereocenters. The number of aromatic nitrogens is 3. The summed E-state index contributed by atoms with van der Waals surface area (Å²) < 4.78 is 0.468. The van der Waals surface area contributed by atoms with Crippen LogP contribution in [0.2, 0.25) is 0 Å². The van der Waals surface area contributed by atoms with Crippen LogP contribution in [-0.2, 0) is 0 Å². The van der Waals surface area contributed by atoms with Gasteiger partial charge in [0, 0.05) is 5.57 Å². The molecular formula is C10H13N3S. The minimum absolute atomic E-state index is 0.468. The maximum atomic E-state index is 4.88. The second kappa shape index (κ2) is 5.34. The summed E-state index contributed by atoms with van der Waals surface area (Å²) in [6, 6.07) is 0. The van der Waals surface area contributed by atoms with Crippen molar-refractivity contribution in [2.45, 2.75) is 13.8 Å². The molecule has 0 amide bonds. The highest BCUT2D eigenvalue weighted by Crippen LogP contribution is 2.10. The molecule has 14 heavy (non-hydrogen) atoms. The van der Waals surface area contributed by atoms with Gasteiger partial charge < -0.3 is 0 Å². The molecule has 1 heterocycles. The van der Waals surface area contributed by atoms with Crippen molar-refractivity contribution in [3.05, 3.63) is 41.0 Å². The van der Waals surface area contributed by atoms with E-state index < -0.39 is 0 Å². The molecule has 0 bridgehead atoms. The Morgan fingerprint density at radius 3 is 2.57 bits per heavy atom. The Morgan fingerprint density at radius 1 is 1.29 bits per heavy atom. The second-order valence-electron chi connectivity index (χ2n) is 2.66. The third-order valence-corrected chi connectivity index (χ3v) is 1.78. The fraction of sp³-hybridized carbons (Fsp3) is 0.200. The number of rotatable bonds is 3. The van der Waals surface area contributed by atoms with E-state index in [1.54, 1.807) is 0 Å². The van der Waals surface area contributed by atoms with E-state index in [9.17, 15) is 0 Å². The van der Waals surface area contributed by atoms with Gasteiger partial charge in [0.15, 0.2) is 5.82 Å². The molecule has 0 fully saturated rings. The average Bonchev–Trinajstić information content (AvgIpc) is 2.59. The van der Waals surface area contributed by atoms with E-state index in [-0.39, 0.29) is 0 Å². The van der Waals surface area contributed by atoms with Gasteiger partial charge in [-0.05, 0) is 26.1 Å². The highest BCUT2D eigenvalue weighted by Gasteiger charge is 1.99. The van der Waals surface area contributed by atoms with Crippen LogP contribution < -0.4 is 0 Å². The average molecular weight is 207 g/mol. The minimum Gasteiger partial charge on any atom is -0.282 e. The molecule has 74 valence electrons. The maximum Gasteiger partial charge on any atom is 0.213 e. The topological polar surface area (TPSA) is 44.5 Å². The molecule has 0 aromatic carbocycles. The summed E-state index contributed by atoms with van der Waals surface area (Å²) >= 11 is 4.88. The number of H-pyrrole nitrogens is 2. The molecule has 0 aliphatic carbocycles. The molecule has 0 spiro atoms. The molecule has 1 aromatic rings. The number of aromatic amines is 2. The Labute approximate surface area is 88.3 Å². The van der Waals surface area contributed by atoms with E-state index in [1.165, 1.54) is 0 Å². The fourth-order valence-corrected chi connectivity index (χ4v) is 1.14. The van der Waals surface area contributed by atoms with Crippen molar-refractivity contribution in [1.82, 2.24) is 15.2 Å². The first kappa shape index (κ1) is 10.7. The van der Waals surface area contributed by atoms with E-state index in [1.807, 2.05) is 44.2 Å². The predicted molar refractivity (Wildman–Crippen MR) is 61.4 cm³/mol. The Hall–Kier alpha value is -1.42. The summed E-state index contributed by atoms with van der Waals surface area (Å²) in [4.78, 5) is 4.13. The van der Waals surface area contributed by atoms with Crippen LogP contribution in [0.25, 0.3) is 5.57 Å². The molecule has 4 heteroatoms. The third kappa shape index (κ3) is 2.81. The maximum absolute atomic E-state index is 4.88. The van der Waals surface area contributed by atoms with Gasteiger partial charge in [-0.25, -0.2) is 0 Å². The number of nitrogens with one attached hydrogen (secondary N) is 2. The van der Waals surface area contributed by atoms with Crippen molar-refractivity contribution in [2.75, 3.05) is 0 Å². The number of hydrogen-bond donors (Lipinski definition) is 2. The van der Waals surface area contributed by atoms with Crippen molar-refractivity contribution in [1.29, 1.82) is 0 Å². The van der Waals surface area contributed by atoms with Crippen LogP contribution in [0.15, 0.2) is 30.4 Å². The molecule has 1 aromatic heterocycles. The largest absolute Gasteiger partial charge is 0.282 e. The molecule has 2 N–H and O–H groups in total. The Kier molecular flexibility index (Phi) is 4.07. The molecule has 1 rings (SSSR count). The summed E-state index contributed by atoms with van der Waals surface area (Å²) in [7, 11) is 0. The summed E-state index contributed by atoms with van der Waals surface area (Å²) in [5.41, 5.74) is 0.998. The van der Waals surface area contributed by atoms with Crippen LogP contribution in [0, 0.1) is 4.77 Å². The van der Waals surface area contributed by atoms with Crippen molar-refractivity contribution in [3.8, 4) is 0 Å². The monoisotopic (exact) mass is 207 g/mol. The van der Waals surface area contributed by atoms with Gasteiger partial charge in [-0.1, -0.05) is 30.4 Å². The molecule has 3 nitrogen and oxygen atoms in total. The predicted octanol–water partition coefficient (Wildman–Crippen LogP) is 3.00. The quantitative estimate of drug-likeness (QED) is 0.591. The van der Waals surface area contributed by atoms with Crippen LogP contribution >= 0.6 is 12.2 Å². The van der Waals surface area contributed by atoms with Crippen LogP contribution in [0.1, 0.15) is 19.7 Å². The second-order valence-corrected chi connectivity index (χ2v) is 3.05. The summed E-state index contributed by atoms with van der Waals surface area (Å²) in [6.45, 7) is 3.93. The zero-order valence-corrected chi connectivity index (χ0v) is 9.06. The number of nitrogens with zero attached hydrogens (tertiary/aromatic N) is 1. The van der Waals surface area contributed by atoms with Gasteiger partial charge in [-0.15, -0.1) is 0 Å². The van der Waals surface area contributed by atoms with Crippen molar-refractivity contribution in [3.63, 3.8) is 0 Å². The van der Waals surface area contributed by atoms with Crippen LogP contribution in [-0.4, -0.2) is 15.2 Å². The third-order valence-electron chi connectivity index (χ3n) is 1.59. The first-order valence-corrected chi connectivity index (χ1v) is 4.79. The molecule has 0 radical (unpaired) electrons. The van der Waals surface area contributed by atoms with E-state index in [0.717, 1.165) is 11.4 Å². The Balaban J connectivity index is 3.05. The van der Waals surface area contributed by atoms with Crippen LogP contribution in [0.3, 0.4) is 0 Å². The molecular weight excluding hydrogens is 194 g/mol. The van der Waals surface area contributed by atoms with Gasteiger partial charge in [0.2, 0.25) is 4.77 Å². The zero-order chi connectivity index (χ0) is 10.4. The summed E-state index contributed by atoms with van der Waals surface area (Å²) in [6.07, 6.45) is 9.83. The number of allylic oxidation sites excluding steroid dienone is 6. The van der Waals surface area contributed by atoms with E-state index >= 15 is 0 Å². The van der Waals surface area contributed by atoms with E-state index in [4.69, 9.17) is 12.2 Å². The molecule has 0 saturated carbocycles. The Bertz CT molecular complexity index is 421. The zero-order valence-electron chi connectivity index (χ0n) is 8.24. The highest BCUT2D eigenvalue weighted by molar-refractivity contribution is 7.71. The van der Waals surface area contributed by atoms with Gasteiger partial charge in [-0.3, -0.25) is 10.2 Å². The smallest absolute Gasteiger partial charge is 0.213 e. The lowest BCUT2D eigenvalue weighted by atomic mass is 10.2. The van der Waals surface area contributed by atoms with Gasteiger partial charge >= 0.3 is 0 Å². The van der Waals surface area contributed by atoms with Crippen LogP contribution in [0.4, 0.5) is 0 Å². The van der Waals surface area contributed by atoms with Crippen molar-refractivity contribution >= 4 is 17.8 Å². The van der Waals surface area contributed by atoms with Gasteiger partial charge in [-0.2, -0.15) is 4.98 Å². The molecule has 0 saturated heterocycles. The summed E-state index contributed by atoms with van der Waals surface area (Å²) in [5, 5.41) is 5.67. The SMILES string of the molecule is C\C=C/C=C(\C=C/C)c1nc(=S)[nH][nH]1. The number of hydrogen-bond acceptors (Lipinski definition) is 2. The lowest BCUT2D eigenvalue weighted by Crippen LogP contribution is -1.83. The van der Waals surface area contributed by atoms with Gasteiger partial charge in [0.05, 0.1) is 0 Å². The minimum atomic E-state index is 0.468. The molecule has 0 atom stereocenters. The standard InChI is InChI=1S/C10H13N3S/c1-3-5-7-8(6-4-2)9-11-10(14)13-12-9/h3-7H,1-2H3,(H2,11,12,13,14)/b5-3-,6-4-,8-7+. The normalized spacial score (nSPS) is 13.1. The van der Waals surface area contributed by atoms with Gasteiger partial charge in [0.1, 0.15) is 0 Å². The van der Waals surface area contributed by atoms with Crippen molar-refractivity contribution < 1.29 is 0 Å². The molecule has 0 aliphatic rings. The molecule has 0 aliphatic heterocycles. The van der Waals surface area contributed by atoms with E-state index in [0.29, 0.717) is 4.77 Å². The Morgan fingerprint density at radius 2 is 2.07 bits per heavy atom. The lowest BCUT2D eigenvalue weighted by molar-refractivity contribution is 1.06.